The molecule has 0 spiro atoms. The maximum absolute atomic E-state index is 10.5. The van der Waals surface area contributed by atoms with Crippen LogP contribution < -0.4 is 4.74 Å². The molecule has 1 N–H and O–H groups in total. The van der Waals surface area contributed by atoms with Crippen molar-refractivity contribution in [2.24, 2.45) is 5.92 Å². The SMILES string of the molecule is O[C@@H]1c2ccc(Br)cc2OC[C@H]1Cc1ccccn1. The molecule has 0 aliphatic carbocycles. The average Bonchev–Trinajstić information content (AvgIpc) is 2.43. The minimum Gasteiger partial charge on any atom is -0.493 e. The second kappa shape index (κ2) is 5.31. The monoisotopic (exact) mass is 319 g/mol. The molecule has 2 atom stereocenters. The Morgan fingerprint density at radius 2 is 2.21 bits per heavy atom. The summed E-state index contributed by atoms with van der Waals surface area (Å²) in [4.78, 5) is 4.30. The van der Waals surface area contributed by atoms with Gasteiger partial charge in [0.05, 0.1) is 12.7 Å². The van der Waals surface area contributed by atoms with Crippen molar-refractivity contribution in [2.45, 2.75) is 12.5 Å². The first kappa shape index (κ1) is 12.6. The molecule has 98 valence electrons. The highest BCUT2D eigenvalue weighted by atomic mass is 79.9. The summed E-state index contributed by atoms with van der Waals surface area (Å²) in [5, 5.41) is 10.5. The molecule has 0 saturated heterocycles. The van der Waals surface area contributed by atoms with Crippen LogP contribution in [0.3, 0.4) is 0 Å². The average molecular weight is 320 g/mol. The van der Waals surface area contributed by atoms with Crippen LogP contribution in [0.5, 0.6) is 5.75 Å². The maximum atomic E-state index is 10.5. The smallest absolute Gasteiger partial charge is 0.126 e. The van der Waals surface area contributed by atoms with Gasteiger partial charge in [0.15, 0.2) is 0 Å². The van der Waals surface area contributed by atoms with Crippen LogP contribution in [0, 0.1) is 5.92 Å². The van der Waals surface area contributed by atoms with Gasteiger partial charge in [-0.05, 0) is 30.7 Å². The van der Waals surface area contributed by atoms with Gasteiger partial charge in [0.25, 0.3) is 0 Å². The van der Waals surface area contributed by atoms with Crippen molar-refractivity contribution in [3.05, 3.63) is 58.3 Å². The lowest BCUT2D eigenvalue weighted by molar-refractivity contribution is 0.0502. The summed E-state index contributed by atoms with van der Waals surface area (Å²) in [6, 6.07) is 11.6. The highest BCUT2D eigenvalue weighted by molar-refractivity contribution is 9.10. The Hall–Kier alpha value is -1.39. The highest BCUT2D eigenvalue weighted by Crippen LogP contribution is 2.38. The largest absolute Gasteiger partial charge is 0.493 e. The Labute approximate surface area is 120 Å². The molecule has 3 nitrogen and oxygen atoms in total. The predicted octanol–water partition coefficient (Wildman–Crippen LogP) is 3.13. The summed E-state index contributed by atoms with van der Waals surface area (Å²) in [6.07, 6.45) is 1.99. The van der Waals surface area contributed by atoms with E-state index in [1.54, 1.807) is 6.20 Å². The number of aromatic nitrogens is 1. The van der Waals surface area contributed by atoms with Crippen molar-refractivity contribution in [1.82, 2.24) is 4.98 Å². The van der Waals surface area contributed by atoms with Crippen LogP contribution >= 0.6 is 15.9 Å². The van der Waals surface area contributed by atoms with Gasteiger partial charge in [-0.3, -0.25) is 4.98 Å². The third kappa shape index (κ3) is 2.65. The number of nitrogens with zero attached hydrogens (tertiary/aromatic N) is 1. The second-order valence-corrected chi connectivity index (χ2v) is 5.64. The van der Waals surface area contributed by atoms with Crippen molar-refractivity contribution in [1.29, 1.82) is 0 Å². The Kier molecular flexibility index (Phi) is 3.53. The Bertz CT molecular complexity index is 574. The van der Waals surface area contributed by atoms with Crippen LogP contribution in [0.15, 0.2) is 47.1 Å². The lowest BCUT2D eigenvalue weighted by atomic mass is 9.89. The lowest BCUT2D eigenvalue weighted by Crippen LogP contribution is -2.27. The van der Waals surface area contributed by atoms with Gasteiger partial charge in [-0.15, -0.1) is 0 Å². The van der Waals surface area contributed by atoms with Crippen LogP contribution in [0.25, 0.3) is 0 Å². The molecule has 0 saturated carbocycles. The van der Waals surface area contributed by atoms with Crippen molar-refractivity contribution < 1.29 is 9.84 Å². The standard InChI is InChI=1S/C15H14BrNO2/c16-11-4-5-13-14(8-11)19-9-10(15(13)18)7-12-3-1-2-6-17-12/h1-6,8,10,15,18H,7,9H2/t10-,15+/m1/s1. The van der Waals surface area contributed by atoms with E-state index in [0.29, 0.717) is 6.61 Å². The number of halogens is 1. The highest BCUT2D eigenvalue weighted by Gasteiger charge is 2.29. The van der Waals surface area contributed by atoms with E-state index in [0.717, 1.165) is 27.9 Å². The fourth-order valence-corrected chi connectivity index (χ4v) is 2.72. The minimum atomic E-state index is -0.501. The van der Waals surface area contributed by atoms with Crippen LogP contribution in [0.4, 0.5) is 0 Å². The van der Waals surface area contributed by atoms with Crippen molar-refractivity contribution in [2.75, 3.05) is 6.61 Å². The maximum Gasteiger partial charge on any atom is 0.126 e. The summed E-state index contributed by atoms with van der Waals surface area (Å²) < 4.78 is 6.70. The molecular formula is C15H14BrNO2. The molecule has 1 aromatic heterocycles. The number of hydrogen-bond acceptors (Lipinski definition) is 3. The molecule has 19 heavy (non-hydrogen) atoms. The van der Waals surface area contributed by atoms with Gasteiger partial charge in [0.2, 0.25) is 0 Å². The van der Waals surface area contributed by atoms with E-state index in [1.807, 2.05) is 36.4 Å². The van der Waals surface area contributed by atoms with Crippen LogP contribution in [-0.2, 0) is 6.42 Å². The molecule has 0 fully saturated rings. The third-order valence-electron chi connectivity index (χ3n) is 3.39. The van der Waals surface area contributed by atoms with Crippen LogP contribution in [0.2, 0.25) is 0 Å². The van der Waals surface area contributed by atoms with Crippen LogP contribution in [-0.4, -0.2) is 16.7 Å². The number of hydrogen-bond donors (Lipinski definition) is 1. The molecule has 0 amide bonds. The van der Waals surface area contributed by atoms with E-state index < -0.39 is 6.10 Å². The van der Waals surface area contributed by atoms with E-state index >= 15 is 0 Å². The molecule has 3 rings (SSSR count). The molecule has 4 heteroatoms. The fraction of sp³-hybridized carbons (Fsp3) is 0.267. The molecule has 1 aliphatic heterocycles. The Morgan fingerprint density at radius 1 is 1.32 bits per heavy atom. The van der Waals surface area contributed by atoms with Crippen LogP contribution in [0.1, 0.15) is 17.4 Å². The van der Waals surface area contributed by atoms with E-state index in [9.17, 15) is 5.11 Å². The van der Waals surface area contributed by atoms with Crippen molar-refractivity contribution in [3.63, 3.8) is 0 Å². The zero-order valence-electron chi connectivity index (χ0n) is 10.3. The lowest BCUT2D eigenvalue weighted by Gasteiger charge is -2.30. The van der Waals surface area contributed by atoms with Gasteiger partial charge in [0.1, 0.15) is 5.75 Å². The Balaban J connectivity index is 1.82. The molecule has 2 aromatic rings. The molecule has 0 unspecified atom stereocenters. The molecular weight excluding hydrogens is 306 g/mol. The van der Waals surface area contributed by atoms with Crippen molar-refractivity contribution >= 4 is 15.9 Å². The van der Waals surface area contributed by atoms with Gasteiger partial charge in [0, 0.05) is 27.8 Å². The quantitative estimate of drug-likeness (QED) is 0.924. The summed E-state index contributed by atoms with van der Waals surface area (Å²) in [6.45, 7) is 0.515. The summed E-state index contributed by atoms with van der Waals surface area (Å²) >= 11 is 3.41. The molecule has 0 bridgehead atoms. The van der Waals surface area contributed by atoms with E-state index in [2.05, 4.69) is 20.9 Å². The number of ether oxygens (including phenoxy) is 1. The van der Waals surface area contributed by atoms with Gasteiger partial charge in [-0.25, -0.2) is 0 Å². The first-order valence-corrected chi connectivity index (χ1v) is 7.03. The van der Waals surface area contributed by atoms with Gasteiger partial charge < -0.3 is 9.84 Å². The zero-order chi connectivity index (χ0) is 13.2. The van der Waals surface area contributed by atoms with Crippen molar-refractivity contribution in [3.8, 4) is 5.75 Å². The number of pyridine rings is 1. The minimum absolute atomic E-state index is 0.0450. The molecule has 1 aliphatic rings. The van der Waals surface area contributed by atoms with E-state index in [1.165, 1.54) is 0 Å². The fourth-order valence-electron chi connectivity index (χ4n) is 2.38. The summed E-state index contributed by atoms with van der Waals surface area (Å²) in [5.41, 5.74) is 1.84. The number of rotatable bonds is 2. The van der Waals surface area contributed by atoms with E-state index in [-0.39, 0.29) is 5.92 Å². The normalized spacial score (nSPS) is 21.6. The number of aliphatic hydroxyl groups excluding tert-OH is 1. The molecule has 1 aromatic carbocycles. The summed E-state index contributed by atoms with van der Waals surface area (Å²) in [7, 11) is 0. The molecule has 0 radical (unpaired) electrons. The number of fused-ring (bicyclic) bond motifs is 1. The predicted molar refractivity (Wildman–Crippen MR) is 76.0 cm³/mol. The van der Waals surface area contributed by atoms with Gasteiger partial charge >= 0.3 is 0 Å². The first-order valence-electron chi connectivity index (χ1n) is 6.24. The second-order valence-electron chi connectivity index (χ2n) is 4.72. The first-order chi connectivity index (χ1) is 9.24. The number of benzene rings is 1. The molecule has 2 heterocycles. The van der Waals surface area contributed by atoms with E-state index in [4.69, 9.17) is 4.74 Å². The summed E-state index contributed by atoms with van der Waals surface area (Å²) in [5.74, 6) is 0.808. The Morgan fingerprint density at radius 3 is 3.00 bits per heavy atom. The van der Waals surface area contributed by atoms with Gasteiger partial charge in [-0.1, -0.05) is 28.1 Å². The third-order valence-corrected chi connectivity index (χ3v) is 3.88. The number of aliphatic hydroxyl groups is 1. The zero-order valence-corrected chi connectivity index (χ0v) is 11.9. The van der Waals surface area contributed by atoms with Gasteiger partial charge in [-0.2, -0.15) is 0 Å². The topological polar surface area (TPSA) is 42.4 Å².